The molecule has 1 aromatic carbocycles. The number of hydrogen-bond donors (Lipinski definition) is 1. The zero-order chi connectivity index (χ0) is 14.7. The maximum atomic E-state index is 10.9. The van der Waals surface area contributed by atoms with Gasteiger partial charge in [0.05, 0.1) is 12.5 Å². The van der Waals surface area contributed by atoms with Crippen LogP contribution in [0.4, 0.5) is 0 Å². The number of carboxylic acid groups (broad SMARTS) is 1. The molecule has 0 radical (unpaired) electrons. The molecule has 122 valence electrons. The van der Waals surface area contributed by atoms with E-state index in [0.717, 1.165) is 43.2 Å². The van der Waals surface area contributed by atoms with Gasteiger partial charge in [-0.2, -0.15) is 0 Å². The van der Waals surface area contributed by atoms with E-state index in [-0.39, 0.29) is 25.1 Å². The fourth-order valence-corrected chi connectivity index (χ4v) is 2.68. The van der Waals surface area contributed by atoms with Gasteiger partial charge in [-0.3, -0.25) is 4.79 Å². The van der Waals surface area contributed by atoms with Crippen molar-refractivity contribution in [2.45, 2.75) is 12.8 Å². The van der Waals surface area contributed by atoms with E-state index in [1.807, 2.05) is 18.2 Å². The lowest BCUT2D eigenvalue weighted by Gasteiger charge is -2.15. The zero-order valence-electron chi connectivity index (χ0n) is 12.2. The lowest BCUT2D eigenvalue weighted by Crippen LogP contribution is -2.25. The van der Waals surface area contributed by atoms with Crippen LogP contribution in [0.5, 0.6) is 17.2 Å². The minimum Gasteiger partial charge on any atom is -0.493 e. The van der Waals surface area contributed by atoms with Crippen molar-refractivity contribution in [2.24, 2.45) is 5.92 Å². The molecule has 2 aliphatic heterocycles. The van der Waals surface area contributed by atoms with Gasteiger partial charge in [0.15, 0.2) is 11.5 Å². The van der Waals surface area contributed by atoms with Crippen LogP contribution in [0.25, 0.3) is 0 Å². The van der Waals surface area contributed by atoms with Gasteiger partial charge in [0.1, 0.15) is 5.75 Å². The van der Waals surface area contributed by atoms with Crippen molar-refractivity contribution in [3.8, 4) is 17.2 Å². The van der Waals surface area contributed by atoms with Gasteiger partial charge >= 0.3 is 5.97 Å². The van der Waals surface area contributed by atoms with Crippen LogP contribution in [0.15, 0.2) is 18.2 Å². The van der Waals surface area contributed by atoms with Gasteiger partial charge in [-0.25, -0.2) is 0 Å². The van der Waals surface area contributed by atoms with Crippen LogP contribution >= 0.6 is 12.4 Å². The third-order valence-electron chi connectivity index (χ3n) is 3.85. The average Bonchev–Trinajstić information content (AvgIpc) is 3.12. The number of likely N-dealkylation sites (tertiary alicyclic amines) is 1. The van der Waals surface area contributed by atoms with Crippen LogP contribution < -0.4 is 14.2 Å². The molecule has 2 aliphatic rings. The average molecular weight is 330 g/mol. The fourth-order valence-electron chi connectivity index (χ4n) is 2.68. The molecule has 0 amide bonds. The Balaban J connectivity index is 0.00000176. The largest absolute Gasteiger partial charge is 0.493 e. The van der Waals surface area contributed by atoms with E-state index in [0.29, 0.717) is 13.2 Å². The van der Waals surface area contributed by atoms with E-state index in [4.69, 9.17) is 19.3 Å². The van der Waals surface area contributed by atoms with E-state index in [2.05, 4.69) is 4.90 Å². The van der Waals surface area contributed by atoms with Gasteiger partial charge in [-0.05, 0) is 31.5 Å². The molecule has 1 saturated heterocycles. The summed E-state index contributed by atoms with van der Waals surface area (Å²) in [6.45, 7) is 3.25. The summed E-state index contributed by atoms with van der Waals surface area (Å²) in [5, 5.41) is 8.95. The van der Waals surface area contributed by atoms with Crippen molar-refractivity contribution in [1.29, 1.82) is 0 Å². The van der Waals surface area contributed by atoms with Crippen LogP contribution in [0, 0.1) is 5.92 Å². The number of ether oxygens (including phenoxy) is 3. The van der Waals surface area contributed by atoms with Crippen LogP contribution in [-0.2, 0) is 4.79 Å². The molecule has 3 rings (SSSR count). The highest BCUT2D eigenvalue weighted by atomic mass is 35.5. The highest BCUT2D eigenvalue weighted by Gasteiger charge is 2.27. The van der Waals surface area contributed by atoms with Crippen LogP contribution in [-0.4, -0.2) is 49.0 Å². The Morgan fingerprint density at radius 2 is 2.18 bits per heavy atom. The lowest BCUT2D eigenvalue weighted by molar-refractivity contribution is -0.141. The molecule has 1 unspecified atom stereocenters. The second kappa shape index (κ2) is 7.56. The molecular weight excluding hydrogens is 310 g/mol. The Labute approximate surface area is 135 Å². The first-order chi connectivity index (χ1) is 10.2. The van der Waals surface area contributed by atoms with Crippen molar-refractivity contribution in [3.63, 3.8) is 0 Å². The minimum absolute atomic E-state index is 0. The van der Waals surface area contributed by atoms with E-state index >= 15 is 0 Å². The summed E-state index contributed by atoms with van der Waals surface area (Å²) in [4.78, 5) is 13.1. The third-order valence-corrected chi connectivity index (χ3v) is 3.85. The zero-order valence-corrected chi connectivity index (χ0v) is 13.0. The van der Waals surface area contributed by atoms with Crippen molar-refractivity contribution in [1.82, 2.24) is 4.90 Å². The van der Waals surface area contributed by atoms with Crippen molar-refractivity contribution >= 4 is 18.4 Å². The number of carboxylic acids is 1. The highest BCUT2D eigenvalue weighted by Crippen LogP contribution is 2.35. The Morgan fingerprint density at radius 1 is 1.36 bits per heavy atom. The lowest BCUT2D eigenvalue weighted by atomic mass is 10.1. The van der Waals surface area contributed by atoms with Gasteiger partial charge < -0.3 is 24.2 Å². The topological polar surface area (TPSA) is 68.2 Å². The number of hydrogen-bond acceptors (Lipinski definition) is 5. The van der Waals surface area contributed by atoms with Gasteiger partial charge in [-0.1, -0.05) is 0 Å². The van der Waals surface area contributed by atoms with Gasteiger partial charge in [0, 0.05) is 19.2 Å². The molecule has 0 aromatic heterocycles. The molecule has 6 nitrogen and oxygen atoms in total. The molecular formula is C15H20ClNO5. The second-order valence-corrected chi connectivity index (χ2v) is 5.34. The molecule has 0 aliphatic carbocycles. The first-order valence-corrected chi connectivity index (χ1v) is 7.20. The number of nitrogens with zero attached hydrogens (tertiary/aromatic N) is 1. The summed E-state index contributed by atoms with van der Waals surface area (Å²) in [5.41, 5.74) is 0. The summed E-state index contributed by atoms with van der Waals surface area (Å²) in [5.74, 6) is 1.34. The Bertz CT molecular complexity index is 525. The summed E-state index contributed by atoms with van der Waals surface area (Å²) in [7, 11) is 0. The van der Waals surface area contributed by atoms with E-state index < -0.39 is 5.97 Å². The summed E-state index contributed by atoms with van der Waals surface area (Å²) in [6.07, 6.45) is 1.62. The predicted octanol–water partition coefficient (Wildman–Crippen LogP) is 2.01. The molecule has 0 saturated carbocycles. The predicted molar refractivity (Wildman–Crippen MR) is 82.1 cm³/mol. The molecule has 2 heterocycles. The monoisotopic (exact) mass is 329 g/mol. The number of benzene rings is 1. The number of carbonyl (C=O) groups is 1. The molecule has 1 N–H and O–H groups in total. The van der Waals surface area contributed by atoms with Gasteiger partial charge in [0.25, 0.3) is 0 Å². The maximum Gasteiger partial charge on any atom is 0.307 e. The van der Waals surface area contributed by atoms with Crippen molar-refractivity contribution in [3.05, 3.63) is 18.2 Å². The standard InChI is InChI=1S/C15H19NO5.ClH/c17-15(18)11-4-6-16(9-11)5-1-7-19-12-2-3-13-14(8-12)21-10-20-13;/h2-3,8,11H,1,4-7,9-10H2,(H,17,18);1H. The molecule has 7 heteroatoms. The Kier molecular flexibility index (Phi) is 5.74. The molecule has 0 spiro atoms. The highest BCUT2D eigenvalue weighted by molar-refractivity contribution is 5.85. The van der Waals surface area contributed by atoms with Crippen LogP contribution in [0.3, 0.4) is 0 Å². The second-order valence-electron chi connectivity index (χ2n) is 5.34. The van der Waals surface area contributed by atoms with Gasteiger partial charge in [-0.15, -0.1) is 12.4 Å². The first-order valence-electron chi connectivity index (χ1n) is 7.20. The number of halogens is 1. The SMILES string of the molecule is Cl.O=C(O)C1CCN(CCCOc2ccc3c(c2)OCO3)C1. The molecule has 1 atom stereocenters. The fraction of sp³-hybridized carbons (Fsp3) is 0.533. The Morgan fingerprint density at radius 3 is 2.95 bits per heavy atom. The molecule has 1 fully saturated rings. The van der Waals surface area contributed by atoms with E-state index in [9.17, 15) is 4.79 Å². The molecule has 0 bridgehead atoms. The van der Waals surface area contributed by atoms with Gasteiger partial charge in [0.2, 0.25) is 6.79 Å². The first kappa shape index (κ1) is 16.7. The summed E-state index contributed by atoms with van der Waals surface area (Å²) in [6, 6.07) is 5.54. The number of aliphatic carboxylic acids is 1. The van der Waals surface area contributed by atoms with Crippen molar-refractivity contribution in [2.75, 3.05) is 33.0 Å². The minimum atomic E-state index is -0.686. The van der Waals surface area contributed by atoms with Crippen LogP contribution in [0.2, 0.25) is 0 Å². The molecule has 22 heavy (non-hydrogen) atoms. The third kappa shape index (κ3) is 3.96. The summed E-state index contributed by atoms with van der Waals surface area (Å²) >= 11 is 0. The number of fused-ring (bicyclic) bond motifs is 1. The van der Waals surface area contributed by atoms with Crippen molar-refractivity contribution < 1.29 is 24.1 Å². The normalized spacial score (nSPS) is 19.7. The van der Waals surface area contributed by atoms with E-state index in [1.165, 1.54) is 0 Å². The quantitative estimate of drug-likeness (QED) is 0.805. The summed E-state index contributed by atoms with van der Waals surface area (Å²) < 4.78 is 16.2. The smallest absolute Gasteiger partial charge is 0.307 e. The van der Waals surface area contributed by atoms with Crippen LogP contribution in [0.1, 0.15) is 12.8 Å². The Hall–Kier alpha value is -1.66. The maximum absolute atomic E-state index is 10.9. The van der Waals surface area contributed by atoms with E-state index in [1.54, 1.807) is 0 Å². The number of rotatable bonds is 6. The molecule has 1 aromatic rings.